The third-order valence-electron chi connectivity index (χ3n) is 4.05. The summed E-state index contributed by atoms with van der Waals surface area (Å²) in [4.78, 5) is 12.5. The lowest BCUT2D eigenvalue weighted by Gasteiger charge is -2.17. The van der Waals surface area contributed by atoms with E-state index in [0.717, 1.165) is 5.56 Å². The minimum Gasteiger partial charge on any atom is -0.490 e. The van der Waals surface area contributed by atoms with Crippen LogP contribution < -0.4 is 24.3 Å². The molecule has 1 N–H and O–H groups in total. The van der Waals surface area contributed by atoms with Gasteiger partial charge in [0, 0.05) is 5.56 Å². The maximum absolute atomic E-state index is 12.5. The Morgan fingerprint density at radius 1 is 1.04 bits per heavy atom. The molecule has 0 bridgehead atoms. The Morgan fingerprint density at radius 2 is 1.77 bits per heavy atom. The molecule has 0 unspecified atom stereocenters. The van der Waals surface area contributed by atoms with Crippen molar-refractivity contribution in [3.8, 4) is 23.0 Å². The van der Waals surface area contributed by atoms with E-state index in [1.807, 2.05) is 39.0 Å². The van der Waals surface area contributed by atoms with Gasteiger partial charge in [0.2, 0.25) is 6.79 Å². The molecule has 1 amide bonds. The summed E-state index contributed by atoms with van der Waals surface area (Å²) in [6.45, 7) is 7.07. The monoisotopic (exact) mass is 357 g/mol. The van der Waals surface area contributed by atoms with Gasteiger partial charge in [-0.15, -0.1) is 0 Å². The molecule has 26 heavy (non-hydrogen) atoms. The first-order valence-electron chi connectivity index (χ1n) is 8.72. The molecule has 6 heteroatoms. The van der Waals surface area contributed by atoms with Crippen LogP contribution in [-0.4, -0.2) is 25.9 Å². The topological polar surface area (TPSA) is 66.0 Å². The molecule has 2 aromatic carbocycles. The lowest BCUT2D eigenvalue weighted by molar-refractivity contribution is 0.0939. The molecule has 3 rings (SSSR count). The van der Waals surface area contributed by atoms with Gasteiger partial charge in [-0.25, -0.2) is 0 Å². The van der Waals surface area contributed by atoms with Gasteiger partial charge in [0.25, 0.3) is 5.91 Å². The molecule has 0 saturated heterocycles. The molecule has 0 aliphatic carbocycles. The van der Waals surface area contributed by atoms with Crippen LogP contribution in [0.25, 0.3) is 0 Å². The van der Waals surface area contributed by atoms with Crippen molar-refractivity contribution in [3.05, 3.63) is 47.5 Å². The first-order valence-corrected chi connectivity index (χ1v) is 8.72. The zero-order valence-corrected chi connectivity index (χ0v) is 15.2. The minimum absolute atomic E-state index is 0.178. The maximum atomic E-state index is 12.5. The number of rotatable bonds is 7. The second-order valence-corrected chi connectivity index (χ2v) is 5.84. The molecule has 0 radical (unpaired) electrons. The van der Waals surface area contributed by atoms with Crippen molar-refractivity contribution in [3.63, 3.8) is 0 Å². The first-order chi connectivity index (χ1) is 12.6. The molecule has 1 aliphatic heterocycles. The Kier molecular flexibility index (Phi) is 5.51. The van der Waals surface area contributed by atoms with Crippen molar-refractivity contribution in [1.29, 1.82) is 0 Å². The zero-order valence-electron chi connectivity index (χ0n) is 15.2. The van der Waals surface area contributed by atoms with Gasteiger partial charge in [-0.1, -0.05) is 6.07 Å². The molecule has 0 aromatic heterocycles. The predicted molar refractivity (Wildman–Crippen MR) is 97.2 cm³/mol. The lowest BCUT2D eigenvalue weighted by Crippen LogP contribution is -2.26. The lowest BCUT2D eigenvalue weighted by atomic mass is 10.1. The van der Waals surface area contributed by atoms with Gasteiger partial charge in [-0.05, 0) is 56.7 Å². The van der Waals surface area contributed by atoms with Gasteiger partial charge in [-0.2, -0.15) is 0 Å². The summed E-state index contributed by atoms with van der Waals surface area (Å²) in [5, 5.41) is 2.99. The molecule has 0 fully saturated rings. The number of ether oxygens (including phenoxy) is 4. The van der Waals surface area contributed by atoms with E-state index in [9.17, 15) is 4.79 Å². The number of hydrogen-bond donors (Lipinski definition) is 1. The first kappa shape index (κ1) is 17.9. The second-order valence-electron chi connectivity index (χ2n) is 5.84. The molecule has 138 valence electrons. The van der Waals surface area contributed by atoms with Crippen molar-refractivity contribution in [2.24, 2.45) is 0 Å². The van der Waals surface area contributed by atoms with Crippen LogP contribution in [0.1, 0.15) is 42.7 Å². The normalized spacial score (nSPS) is 13.2. The van der Waals surface area contributed by atoms with Crippen LogP contribution in [0.2, 0.25) is 0 Å². The highest BCUT2D eigenvalue weighted by Gasteiger charge is 2.18. The van der Waals surface area contributed by atoms with Crippen molar-refractivity contribution in [2.75, 3.05) is 20.0 Å². The molecule has 0 spiro atoms. The maximum Gasteiger partial charge on any atom is 0.251 e. The largest absolute Gasteiger partial charge is 0.490 e. The van der Waals surface area contributed by atoms with E-state index in [1.165, 1.54) is 0 Å². The Bertz CT molecular complexity index is 790. The quantitative estimate of drug-likeness (QED) is 0.818. The minimum atomic E-state index is -0.192. The fourth-order valence-electron chi connectivity index (χ4n) is 2.74. The highest BCUT2D eigenvalue weighted by molar-refractivity contribution is 5.95. The van der Waals surface area contributed by atoms with Crippen LogP contribution in [-0.2, 0) is 0 Å². The molecule has 1 aliphatic rings. The van der Waals surface area contributed by atoms with Crippen LogP contribution in [0, 0.1) is 0 Å². The summed E-state index contributed by atoms with van der Waals surface area (Å²) < 4.78 is 21.8. The fourth-order valence-corrected chi connectivity index (χ4v) is 2.74. The molecular weight excluding hydrogens is 334 g/mol. The van der Waals surface area contributed by atoms with Gasteiger partial charge in [0.1, 0.15) is 0 Å². The standard InChI is InChI=1S/C20H23NO5/c1-4-23-16-8-6-14(10-18(16)24-5-2)13(3)21-20(22)15-7-9-17-19(11-15)26-12-25-17/h6-11,13H,4-5,12H2,1-3H3,(H,21,22)/t13-/m0/s1. The molecule has 0 saturated carbocycles. The van der Waals surface area contributed by atoms with Gasteiger partial charge in [-0.3, -0.25) is 4.79 Å². The van der Waals surface area contributed by atoms with Crippen LogP contribution in [0.4, 0.5) is 0 Å². The summed E-state index contributed by atoms with van der Waals surface area (Å²) in [6.07, 6.45) is 0. The third kappa shape index (κ3) is 3.85. The number of nitrogens with one attached hydrogen (secondary N) is 1. The van der Waals surface area contributed by atoms with E-state index in [4.69, 9.17) is 18.9 Å². The van der Waals surface area contributed by atoms with Crippen LogP contribution >= 0.6 is 0 Å². The molecule has 1 heterocycles. The number of carbonyl (C=O) groups is 1. The van der Waals surface area contributed by atoms with Crippen molar-refractivity contribution < 1.29 is 23.7 Å². The fraction of sp³-hybridized carbons (Fsp3) is 0.350. The average molecular weight is 357 g/mol. The van der Waals surface area contributed by atoms with Crippen molar-refractivity contribution >= 4 is 5.91 Å². The summed E-state index contributed by atoms with van der Waals surface area (Å²) in [5.74, 6) is 2.44. The zero-order chi connectivity index (χ0) is 18.5. The highest BCUT2D eigenvalue weighted by atomic mass is 16.7. The number of hydrogen-bond acceptors (Lipinski definition) is 5. The summed E-state index contributed by atoms with van der Waals surface area (Å²) in [5.41, 5.74) is 1.46. The number of carbonyl (C=O) groups excluding carboxylic acids is 1. The van der Waals surface area contributed by atoms with Crippen LogP contribution in [0.5, 0.6) is 23.0 Å². The Labute approximate surface area is 153 Å². The smallest absolute Gasteiger partial charge is 0.251 e. The van der Waals surface area contributed by atoms with E-state index in [1.54, 1.807) is 18.2 Å². The van der Waals surface area contributed by atoms with E-state index in [-0.39, 0.29) is 18.7 Å². The summed E-state index contributed by atoms with van der Waals surface area (Å²) in [7, 11) is 0. The Morgan fingerprint density at radius 3 is 2.54 bits per heavy atom. The number of amides is 1. The Balaban J connectivity index is 1.73. The molecular formula is C20H23NO5. The molecule has 6 nitrogen and oxygen atoms in total. The van der Waals surface area contributed by atoms with Gasteiger partial charge in [0.05, 0.1) is 19.3 Å². The van der Waals surface area contributed by atoms with E-state index < -0.39 is 0 Å². The van der Waals surface area contributed by atoms with Crippen LogP contribution in [0.3, 0.4) is 0 Å². The highest BCUT2D eigenvalue weighted by Crippen LogP contribution is 2.33. The van der Waals surface area contributed by atoms with E-state index >= 15 is 0 Å². The molecule has 1 atom stereocenters. The number of benzene rings is 2. The van der Waals surface area contributed by atoms with E-state index in [2.05, 4.69) is 5.32 Å². The SMILES string of the molecule is CCOc1ccc([C@H](C)NC(=O)c2ccc3c(c2)OCO3)cc1OCC. The Hall–Kier alpha value is -2.89. The van der Waals surface area contributed by atoms with Gasteiger partial charge >= 0.3 is 0 Å². The van der Waals surface area contributed by atoms with Gasteiger partial charge < -0.3 is 24.3 Å². The summed E-state index contributed by atoms with van der Waals surface area (Å²) >= 11 is 0. The van der Waals surface area contributed by atoms with Crippen LogP contribution in [0.15, 0.2) is 36.4 Å². The predicted octanol–water partition coefficient (Wildman–Crippen LogP) is 3.70. The van der Waals surface area contributed by atoms with Crippen molar-refractivity contribution in [1.82, 2.24) is 5.32 Å². The number of fused-ring (bicyclic) bond motifs is 1. The summed E-state index contributed by atoms with van der Waals surface area (Å²) in [6, 6.07) is 10.7. The van der Waals surface area contributed by atoms with Gasteiger partial charge in [0.15, 0.2) is 23.0 Å². The average Bonchev–Trinajstić information content (AvgIpc) is 3.11. The third-order valence-corrected chi connectivity index (χ3v) is 4.05. The van der Waals surface area contributed by atoms with Crippen molar-refractivity contribution in [2.45, 2.75) is 26.8 Å². The second kappa shape index (κ2) is 7.99. The van der Waals surface area contributed by atoms with E-state index in [0.29, 0.717) is 41.8 Å². The molecule has 2 aromatic rings.